The van der Waals surface area contributed by atoms with Gasteiger partial charge in [0.2, 0.25) is 0 Å². The summed E-state index contributed by atoms with van der Waals surface area (Å²) in [5.74, 6) is -0.337. The molecule has 138 valence electrons. The van der Waals surface area contributed by atoms with Crippen molar-refractivity contribution in [3.63, 3.8) is 0 Å². The van der Waals surface area contributed by atoms with Crippen LogP contribution in [0.4, 0.5) is 13.2 Å². The monoisotopic (exact) mass is 364 g/mol. The Morgan fingerprint density at radius 1 is 1.15 bits per heavy atom. The van der Waals surface area contributed by atoms with Gasteiger partial charge in [0.05, 0.1) is 11.6 Å². The molecule has 0 saturated heterocycles. The van der Waals surface area contributed by atoms with Gasteiger partial charge in [-0.25, -0.2) is 0 Å². The van der Waals surface area contributed by atoms with E-state index in [0.29, 0.717) is 24.1 Å². The van der Waals surface area contributed by atoms with Crippen LogP contribution in [0, 0.1) is 6.92 Å². The van der Waals surface area contributed by atoms with E-state index >= 15 is 0 Å². The van der Waals surface area contributed by atoms with Gasteiger partial charge in [-0.3, -0.25) is 9.59 Å². The zero-order valence-electron chi connectivity index (χ0n) is 14.5. The lowest BCUT2D eigenvalue weighted by atomic mass is 10.0. The zero-order chi connectivity index (χ0) is 19.1. The Morgan fingerprint density at radius 3 is 2.54 bits per heavy atom. The predicted molar refractivity (Wildman–Crippen MR) is 90.8 cm³/mol. The summed E-state index contributed by atoms with van der Waals surface area (Å²) in [4.78, 5) is 26.4. The summed E-state index contributed by atoms with van der Waals surface area (Å²) >= 11 is 0. The second-order valence-electron chi connectivity index (χ2n) is 6.56. The summed E-state index contributed by atoms with van der Waals surface area (Å²) < 4.78 is 40.6. The van der Waals surface area contributed by atoms with E-state index in [9.17, 15) is 22.8 Å². The number of aryl methyl sites for hydroxylation is 1. The number of alkyl halides is 3. The second-order valence-corrected chi connectivity index (χ2v) is 6.56. The number of amides is 1. The number of rotatable bonds is 3. The molecule has 3 rings (SSSR count). The highest BCUT2D eigenvalue weighted by molar-refractivity contribution is 5.93. The van der Waals surface area contributed by atoms with Gasteiger partial charge in [0.25, 0.3) is 11.5 Å². The molecule has 1 amide bonds. The molecule has 0 saturated carbocycles. The molecule has 2 aromatic rings. The number of nitrogens with zero attached hydrogens (tertiary/aromatic N) is 2. The molecule has 1 aliphatic heterocycles. The van der Waals surface area contributed by atoms with Gasteiger partial charge in [-0.1, -0.05) is 24.6 Å². The largest absolute Gasteiger partial charge is 0.416 e. The van der Waals surface area contributed by atoms with Crippen LogP contribution in [0.1, 0.15) is 40.5 Å². The van der Waals surface area contributed by atoms with Crippen molar-refractivity contribution in [1.82, 2.24) is 9.47 Å². The maximum absolute atomic E-state index is 13.1. The van der Waals surface area contributed by atoms with E-state index in [1.165, 1.54) is 16.7 Å². The number of fused-ring (bicyclic) bond motifs is 1. The predicted octanol–water partition coefficient (Wildman–Crippen LogP) is 3.61. The number of benzene rings is 1. The van der Waals surface area contributed by atoms with Gasteiger partial charge in [0.15, 0.2) is 0 Å². The Kier molecular flexibility index (Phi) is 4.64. The van der Waals surface area contributed by atoms with Crippen molar-refractivity contribution in [2.45, 2.75) is 45.6 Å². The summed E-state index contributed by atoms with van der Waals surface area (Å²) in [5, 5.41) is 0. The number of aromatic nitrogens is 1. The SMILES string of the molecule is CCC1Cn2c(cccc2=O)C(=O)N1Cc1cc(C)cc(C(F)(F)F)c1. The second kappa shape index (κ2) is 6.63. The Bertz CT molecular complexity index is 902. The first-order valence-corrected chi connectivity index (χ1v) is 8.39. The highest BCUT2D eigenvalue weighted by atomic mass is 19.4. The molecule has 1 aromatic heterocycles. The fourth-order valence-electron chi connectivity index (χ4n) is 3.38. The van der Waals surface area contributed by atoms with Crippen molar-refractivity contribution in [2.75, 3.05) is 0 Å². The molecule has 1 atom stereocenters. The van der Waals surface area contributed by atoms with Gasteiger partial charge in [0, 0.05) is 19.2 Å². The summed E-state index contributed by atoms with van der Waals surface area (Å²) in [7, 11) is 0. The standard InChI is InChI=1S/C19H19F3N2O2/c1-3-15-11-24-16(5-4-6-17(24)25)18(26)23(15)10-13-7-12(2)8-14(9-13)19(20,21)22/h4-9,15H,3,10-11H2,1-2H3. The van der Waals surface area contributed by atoms with Crippen molar-refractivity contribution in [2.24, 2.45) is 0 Å². The van der Waals surface area contributed by atoms with E-state index in [1.54, 1.807) is 24.0 Å². The first-order chi connectivity index (χ1) is 12.2. The molecule has 0 N–H and O–H groups in total. The third-order valence-electron chi connectivity index (χ3n) is 4.65. The van der Waals surface area contributed by atoms with E-state index in [2.05, 4.69) is 0 Å². The van der Waals surface area contributed by atoms with Gasteiger partial charge < -0.3 is 9.47 Å². The fraction of sp³-hybridized carbons (Fsp3) is 0.368. The number of carbonyl (C=O) groups is 1. The molecular weight excluding hydrogens is 345 g/mol. The average molecular weight is 364 g/mol. The van der Waals surface area contributed by atoms with E-state index in [4.69, 9.17) is 0 Å². The molecule has 26 heavy (non-hydrogen) atoms. The van der Waals surface area contributed by atoms with Crippen LogP contribution in [0.5, 0.6) is 0 Å². The number of pyridine rings is 1. The van der Waals surface area contributed by atoms with E-state index in [1.807, 2.05) is 6.92 Å². The molecule has 0 aliphatic carbocycles. The summed E-state index contributed by atoms with van der Waals surface area (Å²) in [5.41, 5.74) is 0.219. The maximum atomic E-state index is 13.1. The van der Waals surface area contributed by atoms with Crippen molar-refractivity contribution >= 4 is 5.91 Å². The lowest BCUT2D eigenvalue weighted by Crippen LogP contribution is -2.50. The Morgan fingerprint density at radius 2 is 1.88 bits per heavy atom. The highest BCUT2D eigenvalue weighted by Gasteiger charge is 2.34. The van der Waals surface area contributed by atoms with Gasteiger partial charge in [-0.2, -0.15) is 13.2 Å². The normalized spacial score (nSPS) is 17.3. The van der Waals surface area contributed by atoms with Crippen LogP contribution in [0.25, 0.3) is 0 Å². The topological polar surface area (TPSA) is 42.3 Å². The van der Waals surface area contributed by atoms with Crippen LogP contribution in [-0.4, -0.2) is 21.4 Å². The number of carbonyl (C=O) groups excluding carboxylic acids is 1. The van der Waals surface area contributed by atoms with Crippen molar-refractivity contribution in [3.8, 4) is 0 Å². The molecule has 1 aliphatic rings. The van der Waals surface area contributed by atoms with Gasteiger partial charge in [-0.15, -0.1) is 0 Å². The zero-order valence-corrected chi connectivity index (χ0v) is 14.5. The van der Waals surface area contributed by atoms with Crippen LogP contribution in [0.2, 0.25) is 0 Å². The van der Waals surface area contributed by atoms with Gasteiger partial charge in [0.1, 0.15) is 5.69 Å². The van der Waals surface area contributed by atoms with Crippen LogP contribution in [-0.2, 0) is 19.3 Å². The van der Waals surface area contributed by atoms with Gasteiger partial charge >= 0.3 is 6.18 Å². The Labute approximate surface area is 148 Å². The van der Waals surface area contributed by atoms with Crippen molar-refractivity contribution in [3.05, 3.63) is 69.1 Å². The summed E-state index contributed by atoms with van der Waals surface area (Å²) in [6, 6.07) is 8.07. The molecule has 0 spiro atoms. The van der Waals surface area contributed by atoms with Crippen LogP contribution < -0.4 is 5.56 Å². The quantitative estimate of drug-likeness (QED) is 0.835. The van der Waals surface area contributed by atoms with Crippen LogP contribution >= 0.6 is 0 Å². The lowest BCUT2D eigenvalue weighted by molar-refractivity contribution is -0.137. The average Bonchev–Trinajstić information content (AvgIpc) is 2.56. The molecule has 7 heteroatoms. The van der Waals surface area contributed by atoms with Gasteiger partial charge in [-0.05, 0) is 37.1 Å². The summed E-state index contributed by atoms with van der Waals surface area (Å²) in [6.07, 6.45) is -3.83. The van der Waals surface area contributed by atoms with Crippen LogP contribution in [0.15, 0.2) is 41.2 Å². The fourth-order valence-corrected chi connectivity index (χ4v) is 3.38. The van der Waals surface area contributed by atoms with E-state index < -0.39 is 11.7 Å². The smallest absolute Gasteiger partial charge is 0.328 e. The third-order valence-corrected chi connectivity index (χ3v) is 4.65. The van der Waals surface area contributed by atoms with Crippen molar-refractivity contribution < 1.29 is 18.0 Å². The minimum absolute atomic E-state index is 0.0746. The molecule has 0 radical (unpaired) electrons. The Balaban J connectivity index is 1.98. The summed E-state index contributed by atoms with van der Waals surface area (Å²) in [6.45, 7) is 3.91. The molecule has 0 fully saturated rings. The number of halogens is 3. The molecular formula is C19H19F3N2O2. The van der Waals surface area contributed by atoms with E-state index in [-0.39, 0.29) is 29.7 Å². The lowest BCUT2D eigenvalue weighted by Gasteiger charge is -2.37. The first-order valence-electron chi connectivity index (χ1n) is 8.39. The molecule has 1 aromatic carbocycles. The maximum Gasteiger partial charge on any atom is 0.416 e. The molecule has 4 nitrogen and oxygen atoms in total. The Hall–Kier alpha value is -2.57. The van der Waals surface area contributed by atoms with Crippen LogP contribution in [0.3, 0.4) is 0 Å². The highest BCUT2D eigenvalue weighted by Crippen LogP contribution is 2.31. The van der Waals surface area contributed by atoms with Crippen molar-refractivity contribution in [1.29, 1.82) is 0 Å². The molecule has 0 bridgehead atoms. The first kappa shape index (κ1) is 18.2. The number of hydrogen-bond acceptors (Lipinski definition) is 2. The minimum Gasteiger partial charge on any atom is -0.328 e. The third kappa shape index (κ3) is 3.38. The van der Waals surface area contributed by atoms with E-state index in [0.717, 1.165) is 12.1 Å². The minimum atomic E-state index is -4.43. The molecule has 1 unspecified atom stereocenters. The number of hydrogen-bond donors (Lipinski definition) is 0. The molecule has 2 heterocycles.